The summed E-state index contributed by atoms with van der Waals surface area (Å²) in [7, 11) is 2.29. The molecular formula is C22H30N2O. The van der Waals surface area contributed by atoms with Crippen molar-refractivity contribution in [3.63, 3.8) is 0 Å². The van der Waals surface area contributed by atoms with E-state index in [0.717, 1.165) is 36.2 Å². The molecule has 3 heteroatoms. The van der Waals surface area contributed by atoms with E-state index in [-0.39, 0.29) is 0 Å². The average Bonchev–Trinajstić information content (AvgIpc) is 2.84. The van der Waals surface area contributed by atoms with E-state index < -0.39 is 0 Å². The number of aryl methyl sites for hydroxylation is 1. The monoisotopic (exact) mass is 338 g/mol. The Kier molecular flexibility index (Phi) is 3.63. The molecule has 1 aromatic carbocycles. The zero-order valence-electron chi connectivity index (χ0n) is 15.8. The van der Waals surface area contributed by atoms with Gasteiger partial charge in [0.15, 0.2) is 0 Å². The Morgan fingerprint density at radius 3 is 2.88 bits per heavy atom. The van der Waals surface area contributed by atoms with Crippen molar-refractivity contribution in [2.24, 2.45) is 18.9 Å². The predicted octanol–water partition coefficient (Wildman–Crippen LogP) is 4.34. The van der Waals surface area contributed by atoms with Gasteiger partial charge in [-0.2, -0.15) is 0 Å². The van der Waals surface area contributed by atoms with Gasteiger partial charge in [0.1, 0.15) is 5.75 Å². The van der Waals surface area contributed by atoms with Crippen LogP contribution < -0.4 is 4.74 Å². The van der Waals surface area contributed by atoms with Crippen LogP contribution in [0.4, 0.5) is 0 Å². The smallest absolute Gasteiger partial charge is 0.120 e. The maximum Gasteiger partial charge on any atom is 0.120 e. The van der Waals surface area contributed by atoms with Crippen molar-refractivity contribution in [1.82, 2.24) is 9.47 Å². The number of hydrogen-bond donors (Lipinski definition) is 0. The van der Waals surface area contributed by atoms with Crippen molar-refractivity contribution in [2.75, 3.05) is 19.7 Å². The summed E-state index contributed by atoms with van der Waals surface area (Å²) in [6.45, 7) is 7.77. The van der Waals surface area contributed by atoms with Crippen molar-refractivity contribution >= 4 is 10.9 Å². The third kappa shape index (κ3) is 2.21. The number of hydrogen-bond acceptors (Lipinski definition) is 2. The van der Waals surface area contributed by atoms with E-state index >= 15 is 0 Å². The molecule has 3 fully saturated rings. The first-order valence-corrected chi connectivity index (χ1v) is 10.2. The third-order valence-corrected chi connectivity index (χ3v) is 7.19. The Balaban J connectivity index is 1.68. The van der Waals surface area contributed by atoms with E-state index in [1.807, 2.05) is 0 Å². The Labute approximate surface area is 150 Å². The van der Waals surface area contributed by atoms with E-state index in [2.05, 4.69) is 48.6 Å². The quantitative estimate of drug-likeness (QED) is 0.828. The summed E-state index contributed by atoms with van der Waals surface area (Å²) in [6.07, 6.45) is 5.38. The van der Waals surface area contributed by atoms with Crippen LogP contribution >= 0.6 is 0 Å². The summed E-state index contributed by atoms with van der Waals surface area (Å²) in [4.78, 5) is 2.84. The molecule has 134 valence electrons. The Hall–Kier alpha value is -1.48. The molecular weight excluding hydrogens is 308 g/mol. The normalized spacial score (nSPS) is 33.3. The van der Waals surface area contributed by atoms with Crippen LogP contribution in [-0.2, 0) is 13.5 Å². The molecule has 0 spiro atoms. The largest absolute Gasteiger partial charge is 0.494 e. The molecule has 0 N–H and O–H groups in total. The highest BCUT2D eigenvalue weighted by Gasteiger charge is 2.49. The molecule has 4 aliphatic rings. The molecule has 0 amide bonds. The molecule has 0 radical (unpaired) electrons. The minimum Gasteiger partial charge on any atom is -0.494 e. The number of ether oxygens (including phenoxy) is 1. The van der Waals surface area contributed by atoms with Gasteiger partial charge in [-0.25, -0.2) is 0 Å². The zero-order valence-corrected chi connectivity index (χ0v) is 15.8. The van der Waals surface area contributed by atoms with E-state index in [4.69, 9.17) is 4.74 Å². The van der Waals surface area contributed by atoms with Crippen molar-refractivity contribution < 1.29 is 4.74 Å². The Bertz CT molecular complexity index is 808. The maximum atomic E-state index is 5.80. The fourth-order valence-electron chi connectivity index (χ4n) is 6.33. The second-order valence-corrected chi connectivity index (χ2v) is 8.38. The van der Waals surface area contributed by atoms with Gasteiger partial charge in [0, 0.05) is 48.7 Å². The Morgan fingerprint density at radius 2 is 2.08 bits per heavy atom. The number of piperidine rings is 2. The van der Waals surface area contributed by atoms with Crippen LogP contribution in [0.25, 0.3) is 10.9 Å². The summed E-state index contributed by atoms with van der Waals surface area (Å²) in [5.74, 6) is 3.54. The fourth-order valence-corrected chi connectivity index (χ4v) is 6.33. The fraction of sp³-hybridized carbons (Fsp3) is 0.636. The first-order chi connectivity index (χ1) is 12.2. The lowest BCUT2D eigenvalue weighted by molar-refractivity contribution is -0.0140. The van der Waals surface area contributed by atoms with E-state index in [1.165, 1.54) is 49.7 Å². The van der Waals surface area contributed by atoms with Crippen molar-refractivity contribution in [2.45, 2.75) is 51.5 Å². The minimum absolute atomic E-state index is 0.725. The van der Waals surface area contributed by atoms with Gasteiger partial charge in [0.2, 0.25) is 0 Å². The van der Waals surface area contributed by atoms with E-state index in [9.17, 15) is 0 Å². The van der Waals surface area contributed by atoms with Crippen LogP contribution in [0.1, 0.15) is 50.3 Å². The molecule has 3 aliphatic heterocycles. The lowest BCUT2D eigenvalue weighted by atomic mass is 9.65. The molecule has 5 atom stereocenters. The highest BCUT2D eigenvalue weighted by atomic mass is 16.5. The molecule has 3 nitrogen and oxygen atoms in total. The van der Waals surface area contributed by atoms with Crippen molar-refractivity contribution in [3.05, 3.63) is 29.5 Å². The van der Waals surface area contributed by atoms with Crippen LogP contribution in [0, 0.1) is 11.8 Å². The molecule has 25 heavy (non-hydrogen) atoms. The van der Waals surface area contributed by atoms with Gasteiger partial charge in [0.05, 0.1) is 6.61 Å². The van der Waals surface area contributed by atoms with Gasteiger partial charge >= 0.3 is 0 Å². The lowest BCUT2D eigenvalue weighted by Gasteiger charge is -2.53. The van der Waals surface area contributed by atoms with Crippen LogP contribution in [-0.4, -0.2) is 35.2 Å². The van der Waals surface area contributed by atoms with E-state index in [0.29, 0.717) is 0 Å². The summed E-state index contributed by atoms with van der Waals surface area (Å²) in [5, 5.41) is 1.43. The van der Waals surface area contributed by atoms with Crippen LogP contribution in [0.2, 0.25) is 0 Å². The zero-order chi connectivity index (χ0) is 17.1. The molecule has 1 aromatic heterocycles. The van der Waals surface area contributed by atoms with Crippen LogP contribution in [0.3, 0.4) is 0 Å². The molecule has 2 aromatic rings. The molecule has 2 saturated heterocycles. The van der Waals surface area contributed by atoms with Gasteiger partial charge in [-0.15, -0.1) is 0 Å². The van der Waals surface area contributed by atoms with Crippen molar-refractivity contribution in [3.8, 4) is 5.75 Å². The number of nitrogens with zero attached hydrogens (tertiary/aromatic N) is 2. The molecule has 1 saturated carbocycles. The molecule has 6 rings (SSSR count). The summed E-state index contributed by atoms with van der Waals surface area (Å²) >= 11 is 0. The summed E-state index contributed by atoms with van der Waals surface area (Å²) in [6, 6.07) is 7.47. The second-order valence-electron chi connectivity index (χ2n) is 8.38. The first kappa shape index (κ1) is 15.7. The van der Waals surface area contributed by atoms with Crippen molar-refractivity contribution in [1.29, 1.82) is 0 Å². The highest BCUT2D eigenvalue weighted by molar-refractivity contribution is 5.87. The van der Waals surface area contributed by atoms with Gasteiger partial charge < -0.3 is 9.30 Å². The number of aromatic nitrogens is 1. The number of benzene rings is 1. The Morgan fingerprint density at radius 1 is 1.20 bits per heavy atom. The average molecular weight is 338 g/mol. The topological polar surface area (TPSA) is 17.4 Å². The van der Waals surface area contributed by atoms with Gasteiger partial charge in [-0.3, -0.25) is 4.90 Å². The molecule has 5 unspecified atom stereocenters. The maximum absolute atomic E-state index is 5.80. The highest BCUT2D eigenvalue weighted by Crippen LogP contribution is 2.51. The second kappa shape index (κ2) is 5.77. The molecule has 4 heterocycles. The first-order valence-electron chi connectivity index (χ1n) is 10.2. The molecule has 4 bridgehead atoms. The van der Waals surface area contributed by atoms with Gasteiger partial charge in [0.25, 0.3) is 0 Å². The lowest BCUT2D eigenvalue weighted by Crippen LogP contribution is -2.56. The number of rotatable bonds is 3. The molecule has 1 aliphatic carbocycles. The predicted molar refractivity (Wildman–Crippen MR) is 102 cm³/mol. The SMILES string of the molecule is CCOc1ccc2c(c1)c1c(n2C)C2CC3CC(CC)C2N(CC1)C3. The summed E-state index contributed by atoms with van der Waals surface area (Å²) in [5.41, 5.74) is 4.63. The summed E-state index contributed by atoms with van der Waals surface area (Å²) < 4.78 is 8.31. The van der Waals surface area contributed by atoms with Crippen LogP contribution in [0.5, 0.6) is 5.75 Å². The van der Waals surface area contributed by atoms with E-state index in [1.54, 1.807) is 11.3 Å². The van der Waals surface area contributed by atoms with Crippen LogP contribution in [0.15, 0.2) is 18.2 Å². The van der Waals surface area contributed by atoms with Gasteiger partial charge in [-0.1, -0.05) is 13.3 Å². The number of fused-ring (bicyclic) bond motifs is 4. The van der Waals surface area contributed by atoms with Gasteiger partial charge in [-0.05, 0) is 61.8 Å². The standard InChI is InChI=1S/C22H30N2O/c1-4-15-10-14-11-19-21(15)24(13-14)9-8-17-18-12-16(25-5-2)6-7-20(18)23(3)22(17)19/h6-7,12,14-15,19,21H,4-5,8-11,13H2,1-3H3. The minimum atomic E-state index is 0.725. The third-order valence-electron chi connectivity index (χ3n) is 7.19.